The van der Waals surface area contributed by atoms with Gasteiger partial charge in [-0.3, -0.25) is 0 Å². The average Bonchev–Trinajstić information content (AvgIpc) is 3.27. The summed E-state index contributed by atoms with van der Waals surface area (Å²) in [7, 11) is 0.361. The third-order valence-corrected chi connectivity index (χ3v) is 8.14. The zero-order valence-electron chi connectivity index (χ0n) is 16.7. The fourth-order valence-corrected chi connectivity index (χ4v) is 6.32. The largest absolute Gasteiger partial charge is 0.378 e. The molecule has 28 heavy (non-hydrogen) atoms. The van der Waals surface area contributed by atoms with Crippen LogP contribution in [0, 0.1) is 6.92 Å². The summed E-state index contributed by atoms with van der Waals surface area (Å²) >= 11 is 3.03. The molecule has 0 fully saturated rings. The minimum Gasteiger partial charge on any atom is -0.378 e. The summed E-state index contributed by atoms with van der Waals surface area (Å²) in [4.78, 5) is 8.65. The molecule has 0 amide bonds. The molecule has 0 aliphatic heterocycles. The maximum atomic E-state index is 12.8. The van der Waals surface area contributed by atoms with Gasteiger partial charge in [-0.25, -0.2) is 18.1 Å². The molecule has 0 saturated heterocycles. The van der Waals surface area contributed by atoms with Crippen molar-refractivity contribution in [2.24, 2.45) is 0 Å². The van der Waals surface area contributed by atoms with Crippen molar-refractivity contribution in [1.29, 1.82) is 0 Å². The fraction of sp³-hybridized carbons (Fsp3) is 0.350. The van der Waals surface area contributed by atoms with Gasteiger partial charge in [0, 0.05) is 36.6 Å². The Hall–Kier alpha value is -1.74. The lowest BCUT2D eigenvalue weighted by atomic mass is 10.2. The second kappa shape index (κ2) is 8.32. The summed E-state index contributed by atoms with van der Waals surface area (Å²) in [6.07, 6.45) is 0. The molecule has 0 atom stereocenters. The van der Waals surface area contributed by atoms with E-state index in [-0.39, 0.29) is 6.54 Å². The van der Waals surface area contributed by atoms with Crippen LogP contribution in [-0.2, 0) is 16.6 Å². The SMILES string of the molecule is Cc1sc(-c2nc(C(C)C)cs2)cc1S(=O)(=O)NCc1ccc(N(C)C)cc1. The summed E-state index contributed by atoms with van der Waals surface area (Å²) < 4.78 is 28.4. The number of aromatic nitrogens is 1. The molecule has 0 aliphatic carbocycles. The van der Waals surface area contributed by atoms with Crippen LogP contribution in [0.5, 0.6) is 0 Å². The van der Waals surface area contributed by atoms with Crippen molar-refractivity contribution in [3.05, 3.63) is 51.8 Å². The van der Waals surface area contributed by atoms with Crippen molar-refractivity contribution in [2.45, 2.75) is 38.1 Å². The number of hydrogen-bond donors (Lipinski definition) is 1. The second-order valence-corrected chi connectivity index (χ2v) is 11.0. The normalized spacial score (nSPS) is 11.9. The van der Waals surface area contributed by atoms with Gasteiger partial charge < -0.3 is 4.90 Å². The van der Waals surface area contributed by atoms with Gasteiger partial charge in [-0.05, 0) is 36.6 Å². The van der Waals surface area contributed by atoms with Crippen molar-refractivity contribution >= 4 is 38.4 Å². The van der Waals surface area contributed by atoms with Crippen molar-refractivity contribution in [3.8, 4) is 9.88 Å². The van der Waals surface area contributed by atoms with Crippen molar-refractivity contribution < 1.29 is 8.42 Å². The zero-order chi connectivity index (χ0) is 20.5. The highest BCUT2D eigenvalue weighted by Gasteiger charge is 2.21. The minimum absolute atomic E-state index is 0.259. The van der Waals surface area contributed by atoms with Gasteiger partial charge in [-0.1, -0.05) is 26.0 Å². The Bertz CT molecular complexity index is 1050. The Morgan fingerprint density at radius 2 is 1.86 bits per heavy atom. The molecule has 0 spiro atoms. The lowest BCUT2D eigenvalue weighted by Crippen LogP contribution is -2.23. The highest BCUT2D eigenvalue weighted by atomic mass is 32.2. The number of thiophene rings is 1. The van der Waals surface area contributed by atoms with Gasteiger partial charge in [0.2, 0.25) is 10.0 Å². The maximum absolute atomic E-state index is 12.8. The van der Waals surface area contributed by atoms with Crippen LogP contribution in [0.25, 0.3) is 9.88 Å². The number of nitrogens with zero attached hydrogens (tertiary/aromatic N) is 2. The van der Waals surface area contributed by atoms with Gasteiger partial charge in [0.15, 0.2) is 0 Å². The van der Waals surface area contributed by atoms with Crippen LogP contribution >= 0.6 is 22.7 Å². The molecule has 0 saturated carbocycles. The summed E-state index contributed by atoms with van der Waals surface area (Å²) in [5.41, 5.74) is 3.03. The second-order valence-electron chi connectivity index (χ2n) is 7.15. The van der Waals surface area contributed by atoms with Gasteiger partial charge in [0.1, 0.15) is 5.01 Å². The van der Waals surface area contributed by atoms with E-state index in [0.29, 0.717) is 10.8 Å². The molecule has 0 radical (unpaired) electrons. The molecule has 3 aromatic rings. The van der Waals surface area contributed by atoms with Crippen LogP contribution in [0.4, 0.5) is 5.69 Å². The predicted molar refractivity (Wildman–Crippen MR) is 119 cm³/mol. The first-order valence-electron chi connectivity index (χ1n) is 8.99. The molecule has 2 aromatic heterocycles. The van der Waals surface area contributed by atoms with Crippen LogP contribution in [0.2, 0.25) is 0 Å². The monoisotopic (exact) mass is 435 g/mol. The molecule has 2 heterocycles. The van der Waals surface area contributed by atoms with Crippen molar-refractivity contribution in [1.82, 2.24) is 9.71 Å². The summed E-state index contributed by atoms with van der Waals surface area (Å²) in [6.45, 7) is 6.30. The molecule has 3 rings (SSSR count). The predicted octanol–water partition coefficient (Wildman–Crippen LogP) is 4.85. The molecule has 0 unspecified atom stereocenters. The quantitative estimate of drug-likeness (QED) is 0.576. The Balaban J connectivity index is 1.77. The van der Waals surface area contributed by atoms with Crippen LogP contribution in [0.1, 0.15) is 35.9 Å². The number of nitrogens with one attached hydrogen (secondary N) is 1. The Labute approximate surface area is 175 Å². The van der Waals surface area contributed by atoms with Gasteiger partial charge in [-0.15, -0.1) is 22.7 Å². The van der Waals surface area contributed by atoms with Crippen LogP contribution in [0.3, 0.4) is 0 Å². The van der Waals surface area contributed by atoms with E-state index in [0.717, 1.165) is 31.7 Å². The van der Waals surface area contributed by atoms with E-state index in [1.54, 1.807) is 17.4 Å². The number of hydrogen-bond acceptors (Lipinski definition) is 6. The van der Waals surface area contributed by atoms with Gasteiger partial charge in [0.25, 0.3) is 0 Å². The van der Waals surface area contributed by atoms with Gasteiger partial charge in [-0.2, -0.15) is 0 Å². The smallest absolute Gasteiger partial charge is 0.241 e. The lowest BCUT2D eigenvalue weighted by Gasteiger charge is -2.13. The van der Waals surface area contributed by atoms with Crippen LogP contribution in [0.15, 0.2) is 40.6 Å². The molecular formula is C20H25N3O2S3. The Morgan fingerprint density at radius 3 is 2.43 bits per heavy atom. The highest BCUT2D eigenvalue weighted by Crippen LogP contribution is 2.36. The topological polar surface area (TPSA) is 62.3 Å². The first-order valence-corrected chi connectivity index (χ1v) is 12.2. The third-order valence-electron chi connectivity index (χ3n) is 4.41. The average molecular weight is 436 g/mol. The van der Waals surface area contributed by atoms with E-state index in [1.807, 2.05) is 55.6 Å². The molecule has 0 aliphatic rings. The minimum atomic E-state index is -3.59. The Kier molecular flexibility index (Phi) is 6.24. The van der Waals surface area contributed by atoms with E-state index in [2.05, 4.69) is 23.6 Å². The van der Waals surface area contributed by atoms with E-state index < -0.39 is 10.0 Å². The van der Waals surface area contributed by atoms with Crippen LogP contribution < -0.4 is 9.62 Å². The number of aryl methyl sites for hydroxylation is 1. The number of sulfonamides is 1. The molecule has 150 valence electrons. The van der Waals surface area contributed by atoms with Crippen LogP contribution in [-0.4, -0.2) is 27.5 Å². The summed E-state index contributed by atoms with van der Waals surface area (Å²) in [5, 5.41) is 2.91. The van der Waals surface area contributed by atoms with E-state index >= 15 is 0 Å². The van der Waals surface area contributed by atoms with Crippen molar-refractivity contribution in [2.75, 3.05) is 19.0 Å². The van der Waals surface area contributed by atoms with E-state index in [4.69, 9.17) is 0 Å². The first kappa shape index (κ1) is 21.0. The molecule has 0 bridgehead atoms. The van der Waals surface area contributed by atoms with E-state index in [1.165, 1.54) is 11.3 Å². The summed E-state index contributed by atoms with van der Waals surface area (Å²) in [6, 6.07) is 9.57. The maximum Gasteiger partial charge on any atom is 0.241 e. The number of benzene rings is 1. The van der Waals surface area contributed by atoms with E-state index in [9.17, 15) is 8.42 Å². The van der Waals surface area contributed by atoms with Gasteiger partial charge >= 0.3 is 0 Å². The molecule has 1 N–H and O–H groups in total. The third kappa shape index (κ3) is 4.63. The highest BCUT2D eigenvalue weighted by molar-refractivity contribution is 7.89. The molecule has 5 nitrogen and oxygen atoms in total. The lowest BCUT2D eigenvalue weighted by molar-refractivity contribution is 0.581. The first-order chi connectivity index (χ1) is 13.2. The number of thiazole rings is 1. The standard InChI is InChI=1S/C20H25N3O2S3/c1-13(2)17-12-26-20(22-17)18-10-19(14(3)27-18)28(24,25)21-11-15-6-8-16(9-7-15)23(4)5/h6-10,12-13,21H,11H2,1-5H3. The fourth-order valence-electron chi connectivity index (χ4n) is 2.67. The molecule has 8 heteroatoms. The zero-order valence-corrected chi connectivity index (χ0v) is 19.1. The number of anilines is 1. The number of rotatable bonds is 7. The molecular weight excluding hydrogens is 410 g/mol. The summed E-state index contributed by atoms with van der Waals surface area (Å²) in [5.74, 6) is 0.356. The van der Waals surface area contributed by atoms with Crippen molar-refractivity contribution in [3.63, 3.8) is 0 Å². The molecule has 1 aromatic carbocycles. The Morgan fingerprint density at radius 1 is 1.18 bits per heavy atom. The van der Waals surface area contributed by atoms with Gasteiger partial charge in [0.05, 0.1) is 15.5 Å².